The Kier molecular flexibility index (Phi) is 5.33. The first kappa shape index (κ1) is 18.8. The number of nitrogens with one attached hydrogen (secondary N) is 1. The standard InChI is InChI=1S/C23H21FN4O/c1-2-13-28-21(27-20-11-6-12-25-22(20)28)16-8-5-9-17(14-16)23(29)26-15-18-7-3-4-10-19(18)24/h3-12,14H,2,13,15H2,1H3,(H,26,29). The van der Waals surface area contributed by atoms with Gasteiger partial charge in [-0.1, -0.05) is 37.3 Å². The zero-order valence-corrected chi connectivity index (χ0v) is 16.1. The highest BCUT2D eigenvalue weighted by Crippen LogP contribution is 2.25. The lowest BCUT2D eigenvalue weighted by molar-refractivity contribution is 0.0950. The van der Waals surface area contributed by atoms with Gasteiger partial charge >= 0.3 is 0 Å². The van der Waals surface area contributed by atoms with Crippen LogP contribution in [0.25, 0.3) is 22.6 Å². The lowest BCUT2D eigenvalue weighted by Gasteiger charge is -2.10. The first-order valence-corrected chi connectivity index (χ1v) is 9.60. The Bertz CT molecular complexity index is 1170. The monoisotopic (exact) mass is 388 g/mol. The number of hydrogen-bond acceptors (Lipinski definition) is 3. The lowest BCUT2D eigenvalue weighted by atomic mass is 10.1. The number of carbonyl (C=O) groups is 1. The Morgan fingerprint density at radius 1 is 1.10 bits per heavy atom. The largest absolute Gasteiger partial charge is 0.348 e. The molecule has 0 radical (unpaired) electrons. The third-order valence-corrected chi connectivity index (χ3v) is 4.73. The van der Waals surface area contributed by atoms with Crippen LogP contribution in [0.4, 0.5) is 4.39 Å². The average Bonchev–Trinajstić information content (AvgIpc) is 3.12. The molecule has 0 unspecified atom stereocenters. The third kappa shape index (κ3) is 3.87. The highest BCUT2D eigenvalue weighted by Gasteiger charge is 2.15. The number of imidazole rings is 1. The van der Waals surface area contributed by atoms with Crippen molar-refractivity contribution < 1.29 is 9.18 Å². The van der Waals surface area contributed by atoms with Gasteiger partial charge in [-0.25, -0.2) is 14.4 Å². The molecule has 0 fully saturated rings. The van der Waals surface area contributed by atoms with Gasteiger partial charge in [0.05, 0.1) is 0 Å². The second kappa shape index (κ2) is 8.22. The third-order valence-electron chi connectivity index (χ3n) is 4.73. The van der Waals surface area contributed by atoms with E-state index in [0.29, 0.717) is 11.1 Å². The average molecular weight is 388 g/mol. The fourth-order valence-electron chi connectivity index (χ4n) is 3.33. The molecular formula is C23H21FN4O. The van der Waals surface area contributed by atoms with Gasteiger partial charge in [0.1, 0.15) is 17.2 Å². The molecule has 146 valence electrons. The lowest BCUT2D eigenvalue weighted by Crippen LogP contribution is -2.23. The Morgan fingerprint density at radius 3 is 2.79 bits per heavy atom. The summed E-state index contributed by atoms with van der Waals surface area (Å²) in [5.41, 5.74) is 3.45. The van der Waals surface area contributed by atoms with Gasteiger partial charge in [0.2, 0.25) is 0 Å². The molecule has 29 heavy (non-hydrogen) atoms. The van der Waals surface area contributed by atoms with Crippen LogP contribution in [-0.2, 0) is 13.1 Å². The van der Waals surface area contributed by atoms with Crippen molar-refractivity contribution in [2.75, 3.05) is 0 Å². The second-order valence-electron chi connectivity index (χ2n) is 6.79. The number of rotatable bonds is 6. The van der Waals surface area contributed by atoms with Crippen LogP contribution in [0.15, 0.2) is 66.9 Å². The number of aryl methyl sites for hydroxylation is 1. The molecule has 2 heterocycles. The van der Waals surface area contributed by atoms with Crippen molar-refractivity contribution in [3.05, 3.63) is 83.8 Å². The summed E-state index contributed by atoms with van der Waals surface area (Å²) < 4.78 is 15.9. The fourth-order valence-corrected chi connectivity index (χ4v) is 3.33. The Labute approximate surface area is 168 Å². The number of amides is 1. The van der Waals surface area contributed by atoms with E-state index in [1.165, 1.54) is 6.07 Å². The molecule has 6 heteroatoms. The number of hydrogen-bond donors (Lipinski definition) is 1. The van der Waals surface area contributed by atoms with E-state index >= 15 is 0 Å². The quantitative estimate of drug-likeness (QED) is 0.526. The van der Waals surface area contributed by atoms with Gasteiger partial charge < -0.3 is 9.88 Å². The van der Waals surface area contributed by atoms with E-state index in [0.717, 1.165) is 35.5 Å². The highest BCUT2D eigenvalue weighted by molar-refractivity contribution is 5.95. The van der Waals surface area contributed by atoms with E-state index in [9.17, 15) is 9.18 Å². The van der Waals surface area contributed by atoms with Gasteiger partial charge in [-0.05, 0) is 36.8 Å². The van der Waals surface area contributed by atoms with Crippen LogP contribution in [0.3, 0.4) is 0 Å². The predicted octanol–water partition coefficient (Wildman–Crippen LogP) is 4.58. The number of fused-ring (bicyclic) bond motifs is 1. The van der Waals surface area contributed by atoms with Crippen molar-refractivity contribution in [1.29, 1.82) is 0 Å². The van der Waals surface area contributed by atoms with Gasteiger partial charge in [-0.3, -0.25) is 4.79 Å². The summed E-state index contributed by atoms with van der Waals surface area (Å²) in [7, 11) is 0. The van der Waals surface area contributed by atoms with E-state index < -0.39 is 0 Å². The van der Waals surface area contributed by atoms with Gasteiger partial charge in [-0.2, -0.15) is 0 Å². The minimum atomic E-state index is -0.331. The Morgan fingerprint density at radius 2 is 1.97 bits per heavy atom. The summed E-state index contributed by atoms with van der Waals surface area (Å²) in [4.78, 5) is 21.8. The minimum Gasteiger partial charge on any atom is -0.348 e. The number of carbonyl (C=O) groups excluding carboxylic acids is 1. The molecule has 0 bridgehead atoms. The van der Waals surface area contributed by atoms with Crippen LogP contribution in [0.5, 0.6) is 0 Å². The summed E-state index contributed by atoms with van der Waals surface area (Å²) in [5, 5.41) is 2.78. The maximum Gasteiger partial charge on any atom is 0.251 e. The van der Waals surface area contributed by atoms with Crippen molar-refractivity contribution in [1.82, 2.24) is 19.9 Å². The van der Waals surface area contributed by atoms with Crippen LogP contribution in [0, 0.1) is 5.82 Å². The minimum absolute atomic E-state index is 0.133. The van der Waals surface area contributed by atoms with Crippen LogP contribution in [-0.4, -0.2) is 20.4 Å². The Hall–Kier alpha value is -3.54. The molecule has 1 N–H and O–H groups in total. The van der Waals surface area contributed by atoms with E-state index in [2.05, 4.69) is 21.8 Å². The SMILES string of the molecule is CCCn1c(-c2cccc(C(=O)NCc3ccccc3F)c2)nc2cccnc21. The molecule has 5 nitrogen and oxygen atoms in total. The van der Waals surface area contributed by atoms with E-state index in [-0.39, 0.29) is 18.3 Å². The zero-order valence-electron chi connectivity index (χ0n) is 16.1. The summed E-state index contributed by atoms with van der Waals surface area (Å²) in [5.74, 6) is 0.193. The van der Waals surface area contributed by atoms with Crippen LogP contribution >= 0.6 is 0 Å². The first-order chi connectivity index (χ1) is 14.2. The van der Waals surface area contributed by atoms with Crippen molar-refractivity contribution in [2.24, 2.45) is 0 Å². The van der Waals surface area contributed by atoms with Crippen molar-refractivity contribution >= 4 is 17.1 Å². The van der Waals surface area contributed by atoms with Crippen molar-refractivity contribution in [2.45, 2.75) is 26.4 Å². The maximum atomic E-state index is 13.8. The molecule has 0 aliphatic heterocycles. The predicted molar refractivity (Wildman–Crippen MR) is 111 cm³/mol. The van der Waals surface area contributed by atoms with Crippen molar-refractivity contribution in [3.63, 3.8) is 0 Å². The molecule has 0 spiro atoms. The normalized spacial score (nSPS) is 11.0. The second-order valence-corrected chi connectivity index (χ2v) is 6.79. The summed E-state index contributed by atoms with van der Waals surface area (Å²) in [6.45, 7) is 3.02. The van der Waals surface area contributed by atoms with Crippen LogP contribution in [0.1, 0.15) is 29.3 Å². The molecular weight excluding hydrogens is 367 g/mol. The molecule has 2 aromatic carbocycles. The Balaban J connectivity index is 1.62. The molecule has 0 aliphatic carbocycles. The van der Waals surface area contributed by atoms with E-state index in [1.807, 2.05) is 30.3 Å². The summed E-state index contributed by atoms with van der Waals surface area (Å²) in [6, 6.07) is 17.5. The van der Waals surface area contributed by atoms with E-state index in [4.69, 9.17) is 4.98 Å². The topological polar surface area (TPSA) is 59.8 Å². The van der Waals surface area contributed by atoms with Crippen LogP contribution in [0.2, 0.25) is 0 Å². The maximum absolute atomic E-state index is 13.8. The smallest absolute Gasteiger partial charge is 0.251 e. The number of halogens is 1. The molecule has 0 atom stereocenters. The number of aromatic nitrogens is 3. The number of benzene rings is 2. The van der Waals surface area contributed by atoms with E-state index in [1.54, 1.807) is 30.5 Å². The zero-order chi connectivity index (χ0) is 20.2. The molecule has 2 aromatic heterocycles. The first-order valence-electron chi connectivity index (χ1n) is 9.60. The highest BCUT2D eigenvalue weighted by atomic mass is 19.1. The molecule has 4 aromatic rings. The van der Waals surface area contributed by atoms with Crippen molar-refractivity contribution in [3.8, 4) is 11.4 Å². The van der Waals surface area contributed by atoms with Crippen LogP contribution < -0.4 is 5.32 Å². The number of nitrogens with zero attached hydrogens (tertiary/aromatic N) is 3. The van der Waals surface area contributed by atoms with Gasteiger partial charge in [0, 0.05) is 36.0 Å². The van der Waals surface area contributed by atoms with Gasteiger partial charge in [-0.15, -0.1) is 0 Å². The summed E-state index contributed by atoms with van der Waals surface area (Å²) >= 11 is 0. The molecule has 4 rings (SSSR count). The molecule has 0 saturated carbocycles. The molecule has 1 amide bonds. The molecule has 0 aliphatic rings. The fraction of sp³-hybridized carbons (Fsp3) is 0.174. The van der Waals surface area contributed by atoms with Gasteiger partial charge in [0.15, 0.2) is 5.65 Å². The molecule has 0 saturated heterocycles. The summed E-state index contributed by atoms with van der Waals surface area (Å²) in [6.07, 6.45) is 2.70. The van der Waals surface area contributed by atoms with Gasteiger partial charge in [0.25, 0.3) is 5.91 Å². The number of pyridine rings is 1.